The Hall–Kier alpha value is -5.81. The Morgan fingerprint density at radius 3 is 1.89 bits per heavy atom. The second-order valence-electron chi connectivity index (χ2n) is 18.4. The molecule has 3 heterocycles. The topological polar surface area (TPSA) is 63.9 Å². The number of aromatic nitrogens is 4. The highest BCUT2D eigenvalue weighted by Gasteiger charge is 2.39. The maximum atomic E-state index is 5.39. The molecule has 0 radical (unpaired) electrons. The van der Waals surface area contributed by atoms with Crippen LogP contribution in [0.5, 0.6) is 0 Å². The van der Waals surface area contributed by atoms with Crippen LogP contribution in [0.2, 0.25) is 0 Å². The second kappa shape index (κ2) is 12.9. The quantitative estimate of drug-likeness (QED) is 0.168. The molecule has 3 aliphatic rings. The minimum atomic E-state index is -0.0182. The molecule has 57 heavy (non-hydrogen) atoms. The van der Waals surface area contributed by atoms with E-state index in [4.69, 9.17) is 24.9 Å². The minimum Gasteiger partial charge on any atom is -0.258 e. The Kier molecular flexibility index (Phi) is 8.03. The molecular weight excluding hydrogens is 695 g/mol. The monoisotopic (exact) mass is 743 g/mol. The number of aliphatic imine (C=N–C) groups is 1. The van der Waals surface area contributed by atoms with Crippen LogP contribution in [0.4, 0.5) is 0 Å². The first-order valence-electron chi connectivity index (χ1n) is 20.6. The van der Waals surface area contributed by atoms with E-state index in [1.807, 2.05) is 24.4 Å². The SMILES string of the molecule is C=C1CCC(C)(C)c2cc3c(-c4cccc5ccccc45)c4cc5c(cc4c(-c4nc(C6=CCCC=N6)nc(-c6ccccn6)n4)c3cc21)C(C)(C)CCC5(C)C. The molecule has 282 valence electrons. The van der Waals surface area contributed by atoms with Gasteiger partial charge in [-0.05, 0) is 162 Å². The summed E-state index contributed by atoms with van der Waals surface area (Å²) in [4.78, 5) is 25.3. The maximum Gasteiger partial charge on any atom is 0.182 e. The van der Waals surface area contributed by atoms with Crippen LogP contribution in [-0.4, -0.2) is 26.2 Å². The number of benzene rings is 5. The normalized spacial score (nSPS) is 18.1. The lowest BCUT2D eigenvalue weighted by Gasteiger charge is -2.42. The van der Waals surface area contributed by atoms with Crippen LogP contribution in [0.15, 0.2) is 109 Å². The standard InChI is InChI=1S/C52H49N5/c1-31-21-22-50(2,3)40-28-37-36(27-35(31)40)46(49-56-47(43-19-10-12-25-53-43)55-48(57-49)44-20-11-13-26-54-44)39-30-42-41(51(4,5)23-24-52(42,6)7)29-38(39)45(37)34-18-14-16-32-15-8-9-17-33(32)34/h8-10,12,14-20,25-30H,1,11,13,21-24H2,2-7H3. The van der Waals surface area contributed by atoms with Gasteiger partial charge in [-0.15, -0.1) is 0 Å². The van der Waals surface area contributed by atoms with E-state index in [0.29, 0.717) is 23.2 Å². The van der Waals surface area contributed by atoms with Crippen molar-refractivity contribution in [1.29, 1.82) is 0 Å². The first-order valence-corrected chi connectivity index (χ1v) is 20.6. The molecule has 0 N–H and O–H groups in total. The van der Waals surface area contributed by atoms with Crippen molar-refractivity contribution < 1.29 is 0 Å². The predicted molar refractivity (Wildman–Crippen MR) is 239 cm³/mol. The van der Waals surface area contributed by atoms with E-state index in [1.165, 1.54) is 60.5 Å². The van der Waals surface area contributed by atoms with E-state index in [1.54, 1.807) is 6.20 Å². The van der Waals surface area contributed by atoms with E-state index in [0.717, 1.165) is 60.6 Å². The van der Waals surface area contributed by atoms with Gasteiger partial charge in [0.05, 0.1) is 0 Å². The number of allylic oxidation sites excluding steroid dienone is 2. The van der Waals surface area contributed by atoms with Crippen molar-refractivity contribution in [3.63, 3.8) is 0 Å². The van der Waals surface area contributed by atoms with Crippen molar-refractivity contribution in [2.24, 2.45) is 4.99 Å². The third kappa shape index (κ3) is 5.76. The van der Waals surface area contributed by atoms with E-state index in [9.17, 15) is 0 Å². The zero-order valence-corrected chi connectivity index (χ0v) is 34.0. The summed E-state index contributed by atoms with van der Waals surface area (Å²) in [5.74, 6) is 1.74. The van der Waals surface area contributed by atoms with E-state index < -0.39 is 0 Å². The van der Waals surface area contributed by atoms with Crippen LogP contribution in [-0.2, 0) is 16.2 Å². The Balaban J connectivity index is 1.44. The average molecular weight is 744 g/mol. The summed E-state index contributed by atoms with van der Waals surface area (Å²) < 4.78 is 0. The molecule has 0 amide bonds. The summed E-state index contributed by atoms with van der Waals surface area (Å²) >= 11 is 0. The molecule has 0 saturated heterocycles. The minimum absolute atomic E-state index is 0.00988. The summed E-state index contributed by atoms with van der Waals surface area (Å²) in [7, 11) is 0. The molecule has 0 unspecified atom stereocenters. The molecule has 5 nitrogen and oxygen atoms in total. The van der Waals surface area contributed by atoms with E-state index in [2.05, 4.69) is 121 Å². The van der Waals surface area contributed by atoms with E-state index in [-0.39, 0.29) is 16.2 Å². The third-order valence-corrected chi connectivity index (χ3v) is 13.3. The van der Waals surface area contributed by atoms with Crippen LogP contribution < -0.4 is 0 Å². The van der Waals surface area contributed by atoms with Gasteiger partial charge in [0.1, 0.15) is 11.4 Å². The van der Waals surface area contributed by atoms with Gasteiger partial charge in [-0.1, -0.05) is 103 Å². The molecule has 5 heteroatoms. The van der Waals surface area contributed by atoms with E-state index >= 15 is 0 Å². The van der Waals surface area contributed by atoms with Gasteiger partial charge in [-0.2, -0.15) is 0 Å². The molecule has 0 atom stereocenters. The predicted octanol–water partition coefficient (Wildman–Crippen LogP) is 13.4. The molecule has 2 aliphatic carbocycles. The van der Waals surface area contributed by atoms with Crippen molar-refractivity contribution in [1.82, 2.24) is 19.9 Å². The number of pyridine rings is 1. The van der Waals surface area contributed by atoms with Crippen molar-refractivity contribution in [3.8, 4) is 34.0 Å². The lowest BCUT2D eigenvalue weighted by molar-refractivity contribution is 0.332. The first-order chi connectivity index (χ1) is 27.4. The van der Waals surface area contributed by atoms with Gasteiger partial charge in [-0.3, -0.25) is 9.98 Å². The smallest absolute Gasteiger partial charge is 0.182 e. The van der Waals surface area contributed by atoms with Gasteiger partial charge in [0.25, 0.3) is 0 Å². The molecule has 5 aromatic carbocycles. The summed E-state index contributed by atoms with van der Waals surface area (Å²) in [5.41, 5.74) is 11.6. The molecule has 0 saturated carbocycles. The molecule has 0 spiro atoms. The fourth-order valence-corrected chi connectivity index (χ4v) is 9.76. The molecule has 7 aromatic rings. The van der Waals surface area contributed by atoms with Gasteiger partial charge in [0.2, 0.25) is 0 Å². The molecule has 2 aromatic heterocycles. The number of hydrogen-bond acceptors (Lipinski definition) is 5. The highest BCUT2D eigenvalue weighted by atomic mass is 15.1. The highest BCUT2D eigenvalue weighted by molar-refractivity contribution is 6.24. The number of hydrogen-bond donors (Lipinski definition) is 0. The lowest BCUT2D eigenvalue weighted by atomic mass is 9.62. The summed E-state index contributed by atoms with van der Waals surface area (Å²) in [5, 5.41) is 7.19. The number of nitrogens with zero attached hydrogens (tertiary/aromatic N) is 5. The highest BCUT2D eigenvalue weighted by Crippen LogP contribution is 2.53. The van der Waals surface area contributed by atoms with Crippen LogP contribution in [0.1, 0.15) is 108 Å². The van der Waals surface area contributed by atoms with Crippen molar-refractivity contribution >= 4 is 49.8 Å². The Labute approximate surface area is 335 Å². The molecule has 0 bridgehead atoms. The second-order valence-corrected chi connectivity index (χ2v) is 18.4. The maximum absolute atomic E-state index is 5.39. The van der Waals surface area contributed by atoms with Crippen LogP contribution in [0, 0.1) is 0 Å². The van der Waals surface area contributed by atoms with Gasteiger partial charge in [0, 0.05) is 18.0 Å². The molecular formula is C52H49N5. The largest absolute Gasteiger partial charge is 0.258 e. The van der Waals surface area contributed by atoms with Gasteiger partial charge in [0.15, 0.2) is 17.5 Å². The van der Waals surface area contributed by atoms with Crippen LogP contribution in [0.3, 0.4) is 0 Å². The fourth-order valence-electron chi connectivity index (χ4n) is 9.76. The summed E-state index contributed by atoms with van der Waals surface area (Å²) in [6, 6.07) is 31.5. The van der Waals surface area contributed by atoms with Crippen molar-refractivity contribution in [2.45, 2.75) is 96.3 Å². The van der Waals surface area contributed by atoms with Crippen LogP contribution >= 0.6 is 0 Å². The lowest BCUT2D eigenvalue weighted by Crippen LogP contribution is -2.33. The Morgan fingerprint density at radius 2 is 1.18 bits per heavy atom. The van der Waals surface area contributed by atoms with Crippen molar-refractivity contribution in [2.75, 3.05) is 0 Å². The zero-order chi connectivity index (χ0) is 39.3. The fraction of sp³-hybridized carbons (Fsp3) is 0.288. The summed E-state index contributed by atoms with van der Waals surface area (Å²) in [6.07, 6.45) is 12.0. The number of fused-ring (bicyclic) bond motifs is 5. The van der Waals surface area contributed by atoms with Gasteiger partial charge < -0.3 is 0 Å². The number of rotatable bonds is 4. The Bertz CT molecular complexity index is 2890. The molecule has 0 fully saturated rings. The van der Waals surface area contributed by atoms with Crippen molar-refractivity contribution in [3.05, 3.63) is 132 Å². The Morgan fingerprint density at radius 1 is 0.544 bits per heavy atom. The first kappa shape index (κ1) is 35.6. The van der Waals surface area contributed by atoms with Gasteiger partial charge >= 0.3 is 0 Å². The average Bonchev–Trinajstić information content (AvgIpc) is 3.22. The molecule has 1 aliphatic heterocycles. The van der Waals surface area contributed by atoms with Gasteiger partial charge in [-0.25, -0.2) is 15.0 Å². The van der Waals surface area contributed by atoms with Crippen LogP contribution in [0.25, 0.3) is 77.6 Å². The third-order valence-electron chi connectivity index (χ3n) is 13.3. The molecule has 10 rings (SSSR count). The summed E-state index contributed by atoms with van der Waals surface area (Å²) in [6.45, 7) is 19.1. The zero-order valence-electron chi connectivity index (χ0n) is 34.0.